The average Bonchev–Trinajstić information content (AvgIpc) is 2.94. The van der Waals surface area contributed by atoms with Crippen LogP contribution >= 0.6 is 15.9 Å². The molecule has 0 aromatic carbocycles. The van der Waals surface area contributed by atoms with Crippen molar-refractivity contribution in [2.45, 2.75) is 12.5 Å². The molecule has 0 radical (unpaired) electrons. The first-order valence-electron chi connectivity index (χ1n) is 6.25. The Morgan fingerprint density at radius 1 is 1.55 bits per heavy atom. The summed E-state index contributed by atoms with van der Waals surface area (Å²) in [7, 11) is 0. The summed E-state index contributed by atoms with van der Waals surface area (Å²) >= 11 is 3.45. The first kappa shape index (κ1) is 13.3. The molecule has 106 valence electrons. The molecule has 1 amide bonds. The number of primary amides is 1. The van der Waals surface area contributed by atoms with Crippen LogP contribution in [0.2, 0.25) is 0 Å². The molecule has 0 aliphatic carbocycles. The molecule has 2 atom stereocenters. The summed E-state index contributed by atoms with van der Waals surface area (Å²) in [5.41, 5.74) is 6.06. The summed E-state index contributed by atoms with van der Waals surface area (Å²) in [6, 6.07) is 0. The lowest BCUT2D eigenvalue weighted by Gasteiger charge is -2.17. The van der Waals surface area contributed by atoms with E-state index in [9.17, 15) is 9.90 Å². The first-order chi connectivity index (χ1) is 9.56. The van der Waals surface area contributed by atoms with Crippen molar-refractivity contribution < 1.29 is 9.90 Å². The van der Waals surface area contributed by atoms with Crippen LogP contribution in [0.1, 0.15) is 6.42 Å². The van der Waals surface area contributed by atoms with Crippen molar-refractivity contribution in [3.8, 4) is 0 Å². The SMILES string of the molecule is NC(=O)C[C@@H]1CN(c2nccn3ncc(Br)c23)C[C@H]1O. The molecule has 0 unspecified atom stereocenters. The molecular formula is C12H14BrN5O2. The number of rotatable bonds is 3. The van der Waals surface area contributed by atoms with Gasteiger partial charge in [0.15, 0.2) is 5.82 Å². The molecule has 0 spiro atoms. The second-order valence-electron chi connectivity index (χ2n) is 4.94. The van der Waals surface area contributed by atoms with Gasteiger partial charge in [0, 0.05) is 37.8 Å². The lowest BCUT2D eigenvalue weighted by atomic mass is 10.0. The van der Waals surface area contributed by atoms with E-state index >= 15 is 0 Å². The van der Waals surface area contributed by atoms with Gasteiger partial charge in [-0.1, -0.05) is 0 Å². The lowest BCUT2D eigenvalue weighted by Crippen LogP contribution is -2.24. The Balaban J connectivity index is 1.93. The third kappa shape index (κ3) is 2.25. The van der Waals surface area contributed by atoms with Gasteiger partial charge in [-0.2, -0.15) is 5.10 Å². The van der Waals surface area contributed by atoms with Crippen LogP contribution in [0.3, 0.4) is 0 Å². The maximum absolute atomic E-state index is 11.0. The Morgan fingerprint density at radius 3 is 3.10 bits per heavy atom. The van der Waals surface area contributed by atoms with Crippen molar-refractivity contribution in [3.05, 3.63) is 23.1 Å². The predicted molar refractivity (Wildman–Crippen MR) is 76.2 cm³/mol. The highest BCUT2D eigenvalue weighted by Gasteiger charge is 2.34. The van der Waals surface area contributed by atoms with E-state index in [-0.39, 0.29) is 12.3 Å². The molecule has 1 fully saturated rings. The van der Waals surface area contributed by atoms with Gasteiger partial charge in [0.05, 0.1) is 16.8 Å². The van der Waals surface area contributed by atoms with Crippen molar-refractivity contribution in [3.63, 3.8) is 0 Å². The zero-order valence-corrected chi connectivity index (χ0v) is 12.2. The Morgan fingerprint density at radius 2 is 2.35 bits per heavy atom. The van der Waals surface area contributed by atoms with E-state index in [1.54, 1.807) is 23.1 Å². The minimum absolute atomic E-state index is 0.156. The van der Waals surface area contributed by atoms with Crippen LogP contribution in [0, 0.1) is 5.92 Å². The van der Waals surface area contributed by atoms with Gasteiger partial charge in [-0.05, 0) is 15.9 Å². The average molecular weight is 340 g/mol. The molecule has 3 N–H and O–H groups in total. The predicted octanol–water partition coefficient (Wildman–Crippen LogP) is 0.164. The van der Waals surface area contributed by atoms with Crippen LogP contribution in [0.15, 0.2) is 23.1 Å². The fourth-order valence-electron chi connectivity index (χ4n) is 2.61. The third-order valence-corrected chi connectivity index (χ3v) is 4.12. The Bertz CT molecular complexity index is 658. The Labute approximate surface area is 123 Å². The van der Waals surface area contributed by atoms with Gasteiger partial charge in [-0.15, -0.1) is 0 Å². The number of amides is 1. The topological polar surface area (TPSA) is 96.8 Å². The normalized spacial score (nSPS) is 22.6. The van der Waals surface area contributed by atoms with Crippen LogP contribution in [0.4, 0.5) is 5.82 Å². The van der Waals surface area contributed by atoms with Crippen molar-refractivity contribution in [2.24, 2.45) is 11.7 Å². The summed E-state index contributed by atoms with van der Waals surface area (Å²) < 4.78 is 2.56. The molecule has 1 saturated heterocycles. The van der Waals surface area contributed by atoms with Gasteiger partial charge in [0.2, 0.25) is 5.91 Å². The van der Waals surface area contributed by atoms with E-state index in [4.69, 9.17) is 5.73 Å². The number of carbonyl (C=O) groups is 1. The summed E-state index contributed by atoms with van der Waals surface area (Å²) in [5.74, 6) is 0.187. The van der Waals surface area contributed by atoms with Crippen molar-refractivity contribution in [1.29, 1.82) is 0 Å². The van der Waals surface area contributed by atoms with Crippen molar-refractivity contribution >= 4 is 33.2 Å². The Kier molecular flexibility index (Phi) is 3.35. The van der Waals surface area contributed by atoms with Crippen LogP contribution in [0.25, 0.3) is 5.52 Å². The first-order valence-corrected chi connectivity index (χ1v) is 7.04. The number of anilines is 1. The monoisotopic (exact) mass is 339 g/mol. The van der Waals surface area contributed by atoms with Crippen LogP contribution in [-0.2, 0) is 4.79 Å². The van der Waals surface area contributed by atoms with Gasteiger partial charge >= 0.3 is 0 Å². The number of nitrogens with zero attached hydrogens (tertiary/aromatic N) is 4. The van der Waals surface area contributed by atoms with Gasteiger partial charge < -0.3 is 15.7 Å². The summed E-state index contributed by atoms with van der Waals surface area (Å²) in [6.45, 7) is 0.983. The number of aliphatic hydroxyl groups is 1. The number of β-amino-alcohol motifs (C(OH)–C–C–N with tert-alkyl or cyclic N) is 1. The quantitative estimate of drug-likeness (QED) is 0.830. The fraction of sp³-hybridized carbons (Fsp3) is 0.417. The van der Waals surface area contributed by atoms with Gasteiger partial charge in [-0.3, -0.25) is 4.79 Å². The number of aromatic nitrogens is 3. The number of hydrogen-bond acceptors (Lipinski definition) is 5. The minimum atomic E-state index is -0.578. The van der Waals surface area contributed by atoms with Crippen LogP contribution < -0.4 is 10.6 Å². The van der Waals surface area contributed by atoms with E-state index in [2.05, 4.69) is 26.0 Å². The smallest absolute Gasteiger partial charge is 0.217 e. The number of halogens is 1. The zero-order valence-electron chi connectivity index (χ0n) is 10.6. The molecular weight excluding hydrogens is 326 g/mol. The highest BCUT2D eigenvalue weighted by molar-refractivity contribution is 9.10. The third-order valence-electron chi connectivity index (χ3n) is 3.54. The zero-order chi connectivity index (χ0) is 14.3. The number of carbonyl (C=O) groups excluding carboxylic acids is 1. The fourth-order valence-corrected chi connectivity index (χ4v) is 3.06. The van der Waals surface area contributed by atoms with Gasteiger partial charge in [0.25, 0.3) is 0 Å². The molecule has 20 heavy (non-hydrogen) atoms. The van der Waals surface area contributed by atoms with Crippen molar-refractivity contribution in [2.75, 3.05) is 18.0 Å². The Hall–Kier alpha value is -1.67. The maximum Gasteiger partial charge on any atom is 0.217 e. The molecule has 2 aromatic heterocycles. The van der Waals surface area contributed by atoms with Gasteiger partial charge in [-0.25, -0.2) is 9.50 Å². The second kappa shape index (κ2) is 5.02. The molecule has 8 heteroatoms. The van der Waals surface area contributed by atoms with E-state index < -0.39 is 12.0 Å². The maximum atomic E-state index is 11.0. The van der Waals surface area contributed by atoms with Crippen LogP contribution in [-0.4, -0.2) is 44.8 Å². The molecule has 7 nitrogen and oxygen atoms in total. The summed E-state index contributed by atoms with van der Waals surface area (Å²) in [5, 5.41) is 14.3. The number of nitrogens with two attached hydrogens (primary N) is 1. The molecule has 0 bridgehead atoms. The molecule has 3 heterocycles. The minimum Gasteiger partial charge on any atom is -0.391 e. The number of hydrogen-bond donors (Lipinski definition) is 2. The molecule has 3 rings (SSSR count). The van der Waals surface area contributed by atoms with Crippen LogP contribution in [0.5, 0.6) is 0 Å². The molecule has 1 aliphatic heterocycles. The highest BCUT2D eigenvalue weighted by Crippen LogP contribution is 2.30. The lowest BCUT2D eigenvalue weighted by molar-refractivity contribution is -0.119. The van der Waals surface area contributed by atoms with E-state index in [1.165, 1.54) is 0 Å². The molecule has 0 saturated carbocycles. The van der Waals surface area contributed by atoms with Gasteiger partial charge in [0.1, 0.15) is 5.52 Å². The molecule has 2 aromatic rings. The molecule has 1 aliphatic rings. The standard InChI is InChI=1S/C12H14BrN5O2/c13-8-4-16-18-2-1-15-12(11(8)18)17-5-7(3-10(14)20)9(19)6-17/h1-2,4,7,9,19H,3,5-6H2,(H2,14,20)/t7-,9-/m1/s1. The van der Waals surface area contributed by atoms with E-state index in [1.807, 2.05) is 4.90 Å². The van der Waals surface area contributed by atoms with E-state index in [0.717, 1.165) is 15.8 Å². The largest absolute Gasteiger partial charge is 0.391 e. The summed E-state index contributed by atoms with van der Waals surface area (Å²) in [4.78, 5) is 17.4. The van der Waals surface area contributed by atoms with E-state index in [0.29, 0.717) is 13.1 Å². The number of aliphatic hydroxyl groups excluding tert-OH is 1. The number of fused-ring (bicyclic) bond motifs is 1. The van der Waals surface area contributed by atoms with Crippen molar-refractivity contribution in [1.82, 2.24) is 14.6 Å². The highest BCUT2D eigenvalue weighted by atomic mass is 79.9. The summed E-state index contributed by atoms with van der Waals surface area (Å²) in [6.07, 6.45) is 4.73. The second-order valence-corrected chi connectivity index (χ2v) is 5.79.